The Morgan fingerprint density at radius 1 is 0.875 bits per heavy atom. The number of Topliss-reactive ketones (excluding diaryl/α,β-unsaturated/α-hetero) is 1. The van der Waals surface area contributed by atoms with Gasteiger partial charge in [0, 0.05) is 44.5 Å². The van der Waals surface area contributed by atoms with Crippen molar-refractivity contribution in [1.29, 1.82) is 0 Å². The van der Waals surface area contributed by atoms with E-state index >= 15 is 4.39 Å². The first kappa shape index (κ1) is 27.9. The van der Waals surface area contributed by atoms with Crippen LogP contribution >= 0.6 is 10.2 Å². The monoisotopic (exact) mass is 582 g/mol. The summed E-state index contributed by atoms with van der Waals surface area (Å²) in [4.78, 5) is 19.1. The van der Waals surface area contributed by atoms with Crippen LogP contribution in [-0.4, -0.2) is 41.3 Å². The molecule has 2 aromatic heterocycles. The number of hydrogen-bond donors (Lipinski definition) is 0. The van der Waals surface area contributed by atoms with Crippen molar-refractivity contribution in [3.63, 3.8) is 0 Å². The first-order chi connectivity index (χ1) is 18.6. The van der Waals surface area contributed by atoms with Crippen molar-refractivity contribution in [2.45, 2.75) is 31.6 Å². The Morgan fingerprint density at radius 2 is 1.52 bits per heavy atom. The molecule has 1 aliphatic heterocycles. The Kier molecular flexibility index (Phi) is 6.40. The number of carbonyl (C=O) groups is 1. The molecular formula is C28H28F6N4OS. The lowest BCUT2D eigenvalue weighted by molar-refractivity contribution is 0.0976. The number of carbonyl (C=O) groups excluding carboxylic acids is 1. The summed E-state index contributed by atoms with van der Waals surface area (Å²) in [5.74, 6) is -0.511. The van der Waals surface area contributed by atoms with E-state index in [2.05, 4.69) is 4.98 Å². The van der Waals surface area contributed by atoms with Crippen LogP contribution in [0.2, 0.25) is 0 Å². The second-order valence-corrected chi connectivity index (χ2v) is 12.5. The number of piperazine rings is 1. The molecule has 1 fully saturated rings. The van der Waals surface area contributed by atoms with E-state index < -0.39 is 20.9 Å². The van der Waals surface area contributed by atoms with Crippen LogP contribution in [0.4, 0.5) is 35.2 Å². The van der Waals surface area contributed by atoms with Crippen LogP contribution in [0.1, 0.15) is 33.7 Å². The van der Waals surface area contributed by atoms with Gasteiger partial charge in [-0.2, -0.15) is 0 Å². The van der Waals surface area contributed by atoms with E-state index in [9.17, 15) is 24.2 Å². The molecule has 0 unspecified atom stereocenters. The molecule has 0 bridgehead atoms. The summed E-state index contributed by atoms with van der Waals surface area (Å²) in [6, 6.07) is 11.6. The van der Waals surface area contributed by atoms with Gasteiger partial charge in [0.2, 0.25) is 0 Å². The van der Waals surface area contributed by atoms with Crippen LogP contribution in [0.3, 0.4) is 0 Å². The highest BCUT2D eigenvalue weighted by Gasteiger charge is 2.65. The smallest absolute Gasteiger partial charge is 0.310 e. The first-order valence-electron chi connectivity index (χ1n) is 12.7. The van der Waals surface area contributed by atoms with Gasteiger partial charge in [0.05, 0.1) is 11.4 Å². The average Bonchev–Trinajstić information content (AvgIpc) is 3.21. The van der Waals surface area contributed by atoms with E-state index in [1.54, 1.807) is 28.4 Å². The number of aryl methyl sites for hydroxylation is 3. The molecule has 0 N–H and O–H groups in total. The van der Waals surface area contributed by atoms with Gasteiger partial charge in [-0.3, -0.25) is 9.20 Å². The summed E-state index contributed by atoms with van der Waals surface area (Å²) >= 11 is 0. The van der Waals surface area contributed by atoms with E-state index in [0.717, 1.165) is 17.7 Å². The van der Waals surface area contributed by atoms with E-state index in [4.69, 9.17) is 0 Å². The fraction of sp³-hybridized carbons (Fsp3) is 0.286. The Balaban J connectivity index is 1.20. The molecule has 0 aliphatic carbocycles. The lowest BCUT2D eigenvalue weighted by atomic mass is 10.0. The van der Waals surface area contributed by atoms with Crippen LogP contribution in [-0.2, 0) is 6.42 Å². The molecule has 1 aliphatic rings. The summed E-state index contributed by atoms with van der Waals surface area (Å²) < 4.78 is 81.8. The molecule has 214 valence electrons. The molecule has 2 aromatic carbocycles. The molecule has 12 heteroatoms. The SMILES string of the molecule is Cc1ccn2c(C(=O)CCc3ccc(N4CCN(c5ccc(S(F)(F)(F)(F)F)cc5)CC4)c(F)c3)c(C)nc2c1. The number of anilines is 2. The van der Waals surface area contributed by atoms with Crippen molar-refractivity contribution in [3.8, 4) is 0 Å². The maximum Gasteiger partial charge on any atom is 0.310 e. The van der Waals surface area contributed by atoms with E-state index in [0.29, 0.717) is 78.7 Å². The first-order valence-corrected chi connectivity index (χ1v) is 14.7. The predicted octanol–water partition coefficient (Wildman–Crippen LogP) is 7.89. The molecule has 0 spiro atoms. The van der Waals surface area contributed by atoms with Gasteiger partial charge < -0.3 is 9.80 Å². The Morgan fingerprint density at radius 3 is 2.15 bits per heavy atom. The van der Waals surface area contributed by atoms with Gasteiger partial charge in [-0.15, -0.1) is 0 Å². The van der Waals surface area contributed by atoms with Crippen molar-refractivity contribution in [1.82, 2.24) is 9.38 Å². The number of halogens is 6. The lowest BCUT2D eigenvalue weighted by Crippen LogP contribution is -2.46. The molecule has 0 radical (unpaired) electrons. The normalized spacial score (nSPS) is 16.2. The number of rotatable bonds is 7. The number of pyridine rings is 1. The Bertz CT molecular complexity index is 1600. The third kappa shape index (κ3) is 5.77. The van der Waals surface area contributed by atoms with E-state index in [-0.39, 0.29) is 12.2 Å². The molecule has 5 rings (SSSR count). The highest BCUT2D eigenvalue weighted by molar-refractivity contribution is 8.45. The highest BCUT2D eigenvalue weighted by Crippen LogP contribution is 3.02. The second-order valence-electron chi connectivity index (χ2n) is 10.1. The topological polar surface area (TPSA) is 40.9 Å². The number of hydrogen-bond acceptors (Lipinski definition) is 4. The molecule has 0 atom stereocenters. The van der Waals surface area contributed by atoms with Crippen molar-refractivity contribution < 1.29 is 28.6 Å². The lowest BCUT2D eigenvalue weighted by Gasteiger charge is -2.41. The van der Waals surface area contributed by atoms with Crippen LogP contribution < -0.4 is 9.80 Å². The van der Waals surface area contributed by atoms with Gasteiger partial charge in [-0.05, 0) is 79.9 Å². The van der Waals surface area contributed by atoms with Gasteiger partial charge in [-0.25, -0.2) is 9.37 Å². The number of nitrogens with zero attached hydrogens (tertiary/aromatic N) is 4. The summed E-state index contributed by atoms with van der Waals surface area (Å²) in [6.45, 7) is 5.29. The number of imidazole rings is 1. The van der Waals surface area contributed by atoms with Crippen molar-refractivity contribution in [2.75, 3.05) is 36.0 Å². The summed E-state index contributed by atoms with van der Waals surface area (Å²) in [6.07, 6.45) is 2.38. The maximum absolute atomic E-state index is 15.1. The summed E-state index contributed by atoms with van der Waals surface area (Å²) in [7, 11) is -9.72. The quantitative estimate of drug-likeness (QED) is 0.164. The van der Waals surface area contributed by atoms with Crippen LogP contribution in [0, 0.1) is 19.7 Å². The van der Waals surface area contributed by atoms with Crippen molar-refractivity contribution >= 4 is 33.0 Å². The zero-order valence-corrected chi connectivity index (χ0v) is 22.7. The minimum absolute atomic E-state index is 0.0805. The second kappa shape index (κ2) is 9.18. The molecule has 40 heavy (non-hydrogen) atoms. The predicted molar refractivity (Wildman–Crippen MR) is 146 cm³/mol. The molecule has 3 heterocycles. The molecular weight excluding hydrogens is 554 g/mol. The minimum atomic E-state index is -9.72. The Hall–Kier alpha value is -3.67. The molecule has 0 amide bonds. The molecule has 0 saturated carbocycles. The van der Waals surface area contributed by atoms with Crippen LogP contribution in [0.25, 0.3) is 5.65 Å². The van der Waals surface area contributed by atoms with Crippen molar-refractivity contribution in [2.24, 2.45) is 0 Å². The highest BCUT2D eigenvalue weighted by atomic mass is 32.5. The number of fused-ring (bicyclic) bond motifs is 1. The van der Waals surface area contributed by atoms with Crippen LogP contribution in [0.5, 0.6) is 0 Å². The van der Waals surface area contributed by atoms with E-state index in [1.165, 1.54) is 6.07 Å². The van der Waals surface area contributed by atoms with Gasteiger partial charge in [0.1, 0.15) is 22.1 Å². The van der Waals surface area contributed by atoms with Gasteiger partial charge >= 0.3 is 10.2 Å². The van der Waals surface area contributed by atoms with Gasteiger partial charge in [0.25, 0.3) is 0 Å². The standard InChI is InChI=1S/C28H28F6N4OS/c1-19-11-12-38-27(17-19)35-20(2)28(38)26(39)10-4-21-3-9-25(24(29)18-21)37-15-13-36(14-16-37)22-5-7-23(8-6-22)40(30,31,32,33)34/h3,5-9,11-12,17-18H,4,10,13-16H2,1-2H3. The largest absolute Gasteiger partial charge is 0.368 e. The summed E-state index contributed by atoms with van der Waals surface area (Å²) in [5, 5.41) is 0. The third-order valence-corrected chi connectivity index (χ3v) is 8.30. The van der Waals surface area contributed by atoms with Crippen molar-refractivity contribution in [3.05, 3.63) is 89.1 Å². The number of benzene rings is 2. The molecule has 4 aromatic rings. The fourth-order valence-electron chi connectivity index (χ4n) is 5.06. The van der Waals surface area contributed by atoms with Crippen LogP contribution in [0.15, 0.2) is 65.7 Å². The zero-order chi connectivity index (χ0) is 28.9. The fourth-order valence-corrected chi connectivity index (χ4v) is 5.71. The number of aromatic nitrogens is 2. The van der Waals surface area contributed by atoms with E-state index in [1.807, 2.05) is 30.2 Å². The molecule has 5 nitrogen and oxygen atoms in total. The van der Waals surface area contributed by atoms with Gasteiger partial charge in [-0.1, -0.05) is 25.5 Å². The Labute approximate surface area is 227 Å². The van der Waals surface area contributed by atoms with Gasteiger partial charge in [0.15, 0.2) is 5.78 Å². The number of ketones is 1. The zero-order valence-electron chi connectivity index (χ0n) is 21.9. The molecule has 1 saturated heterocycles. The minimum Gasteiger partial charge on any atom is -0.368 e. The summed E-state index contributed by atoms with van der Waals surface area (Å²) in [5.41, 5.74) is 4.37. The average molecular weight is 583 g/mol. The third-order valence-electron chi connectivity index (χ3n) is 7.14. The maximum atomic E-state index is 15.1.